The van der Waals surface area contributed by atoms with Crippen molar-refractivity contribution in [2.24, 2.45) is 5.10 Å². The summed E-state index contributed by atoms with van der Waals surface area (Å²) in [5.41, 5.74) is 6.85. The average Bonchev–Trinajstić information content (AvgIpc) is 2.54. The van der Waals surface area contributed by atoms with Crippen molar-refractivity contribution in [3.8, 4) is 0 Å². The van der Waals surface area contributed by atoms with Crippen molar-refractivity contribution in [3.63, 3.8) is 0 Å². The first kappa shape index (κ1) is 14.5. The second-order valence-electron chi connectivity index (χ2n) is 5.99. The van der Waals surface area contributed by atoms with Gasteiger partial charge in [-0.15, -0.1) is 0 Å². The van der Waals surface area contributed by atoms with Gasteiger partial charge in [0, 0.05) is 11.6 Å². The Kier molecular flexibility index (Phi) is 4.86. The maximum atomic E-state index is 5.37. The van der Waals surface area contributed by atoms with E-state index in [0.717, 1.165) is 18.6 Å². The summed E-state index contributed by atoms with van der Waals surface area (Å²) in [6.07, 6.45) is 9.76. The van der Waals surface area contributed by atoms with Crippen LogP contribution in [0.2, 0.25) is 0 Å². The predicted molar refractivity (Wildman–Crippen MR) is 91.7 cm³/mol. The topological polar surface area (TPSA) is 36.4 Å². The molecule has 21 heavy (non-hydrogen) atoms. The van der Waals surface area contributed by atoms with Crippen LogP contribution in [0.4, 0.5) is 0 Å². The number of aryl methyl sites for hydroxylation is 1. The maximum absolute atomic E-state index is 5.37. The van der Waals surface area contributed by atoms with Crippen molar-refractivity contribution in [2.75, 3.05) is 0 Å². The Morgan fingerprint density at radius 3 is 2.71 bits per heavy atom. The van der Waals surface area contributed by atoms with Crippen LogP contribution >= 0.6 is 12.2 Å². The molecule has 0 unspecified atom stereocenters. The Balaban J connectivity index is 1.60. The van der Waals surface area contributed by atoms with Gasteiger partial charge in [0.25, 0.3) is 0 Å². The van der Waals surface area contributed by atoms with Gasteiger partial charge in [-0.1, -0.05) is 43.5 Å². The lowest BCUT2D eigenvalue weighted by Crippen LogP contribution is -2.41. The number of hydrogen-bond donors (Lipinski definition) is 2. The van der Waals surface area contributed by atoms with Crippen LogP contribution in [0.5, 0.6) is 0 Å². The highest BCUT2D eigenvalue weighted by Gasteiger charge is 2.16. The molecule has 0 heterocycles. The molecule has 0 saturated heterocycles. The van der Waals surface area contributed by atoms with Crippen LogP contribution in [0, 0.1) is 0 Å². The van der Waals surface area contributed by atoms with Crippen molar-refractivity contribution in [3.05, 3.63) is 35.4 Å². The van der Waals surface area contributed by atoms with Crippen LogP contribution in [0.25, 0.3) is 0 Å². The minimum atomic E-state index is 0.526. The Labute approximate surface area is 132 Å². The lowest BCUT2D eigenvalue weighted by Gasteiger charge is -2.24. The van der Waals surface area contributed by atoms with E-state index in [9.17, 15) is 0 Å². The van der Waals surface area contributed by atoms with E-state index < -0.39 is 0 Å². The van der Waals surface area contributed by atoms with Crippen LogP contribution in [0.15, 0.2) is 29.4 Å². The predicted octanol–water partition coefficient (Wildman–Crippen LogP) is 3.52. The summed E-state index contributed by atoms with van der Waals surface area (Å²) in [7, 11) is 0. The van der Waals surface area contributed by atoms with Crippen LogP contribution in [0.3, 0.4) is 0 Å². The van der Waals surface area contributed by atoms with Crippen molar-refractivity contribution in [1.29, 1.82) is 0 Å². The van der Waals surface area contributed by atoms with E-state index in [1.54, 1.807) is 0 Å². The Bertz CT molecular complexity index is 533. The minimum absolute atomic E-state index is 0.526. The fraction of sp³-hybridized carbons (Fsp3) is 0.529. The zero-order chi connectivity index (χ0) is 14.5. The van der Waals surface area contributed by atoms with Gasteiger partial charge in [-0.2, -0.15) is 5.10 Å². The molecule has 2 aliphatic rings. The van der Waals surface area contributed by atoms with E-state index >= 15 is 0 Å². The van der Waals surface area contributed by atoms with Gasteiger partial charge >= 0.3 is 0 Å². The number of nitrogens with zero attached hydrogens (tertiary/aromatic N) is 1. The van der Waals surface area contributed by atoms with E-state index in [0.29, 0.717) is 11.2 Å². The molecule has 3 nitrogen and oxygen atoms in total. The normalized spacial score (nSPS) is 20.9. The van der Waals surface area contributed by atoms with Gasteiger partial charge in [-0.3, -0.25) is 5.43 Å². The van der Waals surface area contributed by atoms with E-state index in [-0.39, 0.29) is 0 Å². The van der Waals surface area contributed by atoms with E-state index in [4.69, 9.17) is 12.2 Å². The van der Waals surface area contributed by atoms with Gasteiger partial charge in [0.1, 0.15) is 0 Å². The first-order valence-corrected chi connectivity index (χ1v) is 8.45. The van der Waals surface area contributed by atoms with E-state index in [1.165, 1.54) is 49.7 Å². The highest BCUT2D eigenvalue weighted by molar-refractivity contribution is 7.80. The molecule has 0 spiro atoms. The second kappa shape index (κ2) is 7.03. The molecular formula is C17H23N3S. The summed E-state index contributed by atoms with van der Waals surface area (Å²) in [5.74, 6) is 0. The summed E-state index contributed by atoms with van der Waals surface area (Å²) in [4.78, 5) is 0. The Morgan fingerprint density at radius 1 is 1.05 bits per heavy atom. The standard InChI is InChI=1S/C17H23N3S/c21-17(18-14-9-2-1-3-10-14)20-19-16-12-6-8-13-7-4-5-11-15(13)16/h4-5,7,11,14H,1-3,6,8-10,12H2,(H2,18,20,21). The SMILES string of the molecule is S=C(NN=C1CCCc2ccccc21)NC1CCCCC1. The van der Waals surface area contributed by atoms with Crippen LogP contribution in [-0.4, -0.2) is 16.9 Å². The molecule has 2 aliphatic carbocycles. The molecule has 3 rings (SSSR count). The quantitative estimate of drug-likeness (QED) is 0.648. The van der Waals surface area contributed by atoms with Crippen molar-refractivity contribution < 1.29 is 0 Å². The first-order valence-electron chi connectivity index (χ1n) is 8.04. The Hall–Kier alpha value is -1.42. The van der Waals surface area contributed by atoms with Gasteiger partial charge in [0.2, 0.25) is 0 Å². The van der Waals surface area contributed by atoms with Crippen molar-refractivity contribution in [1.82, 2.24) is 10.7 Å². The molecule has 1 aromatic carbocycles. The summed E-state index contributed by atoms with van der Waals surface area (Å²) in [6, 6.07) is 9.07. The highest BCUT2D eigenvalue weighted by atomic mass is 32.1. The number of hydrogen-bond acceptors (Lipinski definition) is 2. The van der Waals surface area contributed by atoms with Crippen LogP contribution in [-0.2, 0) is 6.42 Å². The van der Waals surface area contributed by atoms with E-state index in [1.807, 2.05) is 0 Å². The Morgan fingerprint density at radius 2 is 1.86 bits per heavy atom. The molecule has 1 fully saturated rings. The first-order chi connectivity index (χ1) is 10.3. The van der Waals surface area contributed by atoms with Crippen molar-refractivity contribution >= 4 is 23.0 Å². The molecule has 0 bridgehead atoms. The number of rotatable bonds is 2. The number of hydrazone groups is 1. The summed E-state index contributed by atoms with van der Waals surface area (Å²) in [5, 5.41) is 8.61. The van der Waals surface area contributed by atoms with Crippen LogP contribution < -0.4 is 10.7 Å². The van der Waals surface area contributed by atoms with Gasteiger partial charge < -0.3 is 5.32 Å². The van der Waals surface area contributed by atoms with Gasteiger partial charge in [0.05, 0.1) is 5.71 Å². The lowest BCUT2D eigenvalue weighted by molar-refractivity contribution is 0.412. The third kappa shape index (κ3) is 3.82. The smallest absolute Gasteiger partial charge is 0.187 e. The molecule has 112 valence electrons. The van der Waals surface area contributed by atoms with Crippen LogP contribution in [0.1, 0.15) is 56.1 Å². The molecule has 0 radical (unpaired) electrons. The third-order valence-electron chi connectivity index (χ3n) is 4.42. The summed E-state index contributed by atoms with van der Waals surface area (Å²) in [6.45, 7) is 0. The van der Waals surface area contributed by atoms with E-state index in [2.05, 4.69) is 40.1 Å². The molecule has 4 heteroatoms. The second-order valence-corrected chi connectivity index (χ2v) is 6.40. The molecule has 1 saturated carbocycles. The maximum Gasteiger partial charge on any atom is 0.187 e. The number of benzene rings is 1. The summed E-state index contributed by atoms with van der Waals surface area (Å²) >= 11 is 5.37. The third-order valence-corrected chi connectivity index (χ3v) is 4.63. The molecule has 0 amide bonds. The van der Waals surface area contributed by atoms with Crippen molar-refractivity contribution in [2.45, 2.75) is 57.4 Å². The highest BCUT2D eigenvalue weighted by Crippen LogP contribution is 2.21. The largest absolute Gasteiger partial charge is 0.359 e. The molecular weight excluding hydrogens is 278 g/mol. The monoisotopic (exact) mass is 301 g/mol. The zero-order valence-electron chi connectivity index (χ0n) is 12.4. The minimum Gasteiger partial charge on any atom is -0.359 e. The molecule has 0 atom stereocenters. The molecule has 2 N–H and O–H groups in total. The zero-order valence-corrected chi connectivity index (χ0v) is 13.2. The number of nitrogens with one attached hydrogen (secondary N) is 2. The summed E-state index contributed by atoms with van der Waals surface area (Å²) < 4.78 is 0. The molecule has 1 aromatic rings. The fourth-order valence-electron chi connectivity index (χ4n) is 3.30. The molecule has 0 aliphatic heterocycles. The number of thiocarbonyl (C=S) groups is 1. The van der Waals surface area contributed by atoms with Gasteiger partial charge in [-0.05, 0) is 49.9 Å². The lowest BCUT2D eigenvalue weighted by atomic mass is 9.90. The van der Waals surface area contributed by atoms with Gasteiger partial charge in [-0.25, -0.2) is 0 Å². The molecule has 0 aromatic heterocycles. The fourth-order valence-corrected chi connectivity index (χ4v) is 3.51. The number of fused-ring (bicyclic) bond motifs is 1. The van der Waals surface area contributed by atoms with Gasteiger partial charge in [0.15, 0.2) is 5.11 Å². The average molecular weight is 301 g/mol.